The molecule has 0 atom stereocenters. The van der Waals surface area contributed by atoms with Crippen LogP contribution in [0.15, 0.2) is 29.0 Å². The molecule has 2 amide bonds. The van der Waals surface area contributed by atoms with E-state index in [1.807, 2.05) is 0 Å². The zero-order chi connectivity index (χ0) is 17.1. The minimum Gasteiger partial charge on any atom is -0.345 e. The van der Waals surface area contributed by atoms with Crippen LogP contribution in [-0.2, 0) is 44.8 Å². The minimum absolute atomic E-state index is 0. The van der Waals surface area contributed by atoms with Crippen molar-refractivity contribution in [3.8, 4) is 0 Å². The second-order valence-electron chi connectivity index (χ2n) is 5.13. The zero-order valence-electron chi connectivity index (χ0n) is 13.8. The predicted octanol–water partition coefficient (Wildman–Crippen LogP) is 1.29. The van der Waals surface area contributed by atoms with E-state index < -0.39 is 5.91 Å². The first kappa shape index (κ1) is 24.3. The summed E-state index contributed by atoms with van der Waals surface area (Å²) < 4.78 is 0.788. The van der Waals surface area contributed by atoms with Gasteiger partial charge in [-0.25, -0.2) is 9.97 Å². The molecule has 0 bridgehead atoms. The summed E-state index contributed by atoms with van der Waals surface area (Å²) in [6, 6.07) is 3.27. The fraction of sp³-hybridized carbons (Fsp3) is 0.200. The molecule has 0 aliphatic heterocycles. The number of aromatic nitrogens is 2. The summed E-state index contributed by atoms with van der Waals surface area (Å²) >= 11 is 3.29. The summed E-state index contributed by atoms with van der Waals surface area (Å²) in [6.45, 7) is 1.78. The monoisotopic (exact) mass is 734 g/mol. The van der Waals surface area contributed by atoms with Crippen LogP contribution in [-0.4, -0.2) is 48.6 Å². The summed E-state index contributed by atoms with van der Waals surface area (Å²) in [5.74, 6) is -0.442. The first-order valence-electron chi connectivity index (χ1n) is 6.70. The smallest absolute Gasteiger partial charge is 0.275 e. The average molecular weight is 735 g/mol. The second-order valence-corrected chi connectivity index (χ2v) is 6.05. The molecule has 0 aliphatic rings. The normalized spacial score (nSPS) is 9.44. The third kappa shape index (κ3) is 6.18. The van der Waals surface area contributed by atoms with E-state index in [1.165, 1.54) is 23.4 Å². The summed E-state index contributed by atoms with van der Waals surface area (Å²) in [4.78, 5) is 33.7. The van der Waals surface area contributed by atoms with E-state index in [0.717, 1.165) is 10.0 Å². The van der Waals surface area contributed by atoms with Gasteiger partial charge in [-0.05, 0) is 34.5 Å². The number of nitrogens with one attached hydrogen (secondary N) is 1. The molecule has 1 N–H and O–H groups in total. The third-order valence-corrected chi connectivity index (χ3v) is 3.50. The number of hydrogen-bond donors (Lipinski definition) is 1. The van der Waals surface area contributed by atoms with Crippen LogP contribution < -0.4 is 10.8 Å². The molecule has 4 radical (unpaired) electrons. The van der Waals surface area contributed by atoms with Gasteiger partial charge in [0.2, 0.25) is 0 Å². The molecule has 0 saturated carbocycles. The molecule has 0 fully saturated rings. The van der Waals surface area contributed by atoms with Crippen LogP contribution >= 0.6 is 15.9 Å². The molecule has 0 saturated heterocycles. The fourth-order valence-electron chi connectivity index (χ4n) is 1.91. The summed E-state index contributed by atoms with van der Waals surface area (Å²) in [5.41, 5.74) is 1.56. The van der Waals surface area contributed by atoms with Gasteiger partial charge in [-0.2, -0.15) is 0 Å². The van der Waals surface area contributed by atoms with Crippen molar-refractivity contribution in [3.63, 3.8) is 0 Å². The topological polar surface area (TPSA) is 75.2 Å². The molecule has 0 unspecified atom stereocenters. The Morgan fingerprint density at radius 2 is 1.80 bits per heavy atom. The molecule has 0 aliphatic carbocycles. The maximum absolute atomic E-state index is 12.3. The van der Waals surface area contributed by atoms with Crippen molar-refractivity contribution in [1.29, 1.82) is 0 Å². The Morgan fingerprint density at radius 1 is 1.16 bits per heavy atom. The number of carbonyl (C=O) groups is 2. The van der Waals surface area contributed by atoms with E-state index in [0.29, 0.717) is 5.56 Å². The number of pyridine rings is 2. The Labute approximate surface area is 187 Å². The molecular weight excluding hydrogens is 721 g/mol. The number of rotatable bonds is 3. The maximum atomic E-state index is 12.3. The van der Waals surface area contributed by atoms with Gasteiger partial charge in [0.1, 0.15) is 19.4 Å². The van der Waals surface area contributed by atoms with Gasteiger partial charge in [0, 0.05) is 75.7 Å². The average Bonchev–Trinajstić information content (AvgIpc) is 2.48. The molecule has 2 aromatic heterocycles. The summed E-state index contributed by atoms with van der Waals surface area (Å²) in [5, 5.41) is 2.60. The zero-order valence-corrected chi connectivity index (χ0v) is 21.8. The number of carbonyl (C=O) groups excluding carboxylic acids is 2. The van der Waals surface area contributed by atoms with E-state index in [4.69, 9.17) is 7.85 Å². The van der Waals surface area contributed by atoms with Crippen LogP contribution in [0.1, 0.15) is 26.4 Å². The van der Waals surface area contributed by atoms with Gasteiger partial charge in [-0.1, -0.05) is 11.5 Å². The molecule has 6 nitrogen and oxygen atoms in total. The molecule has 0 aromatic carbocycles. The number of amides is 2. The van der Waals surface area contributed by atoms with E-state index in [1.54, 1.807) is 27.1 Å². The molecular formula is C15H14BBrN4O2Ta2. The Kier molecular flexibility index (Phi) is 10.1. The van der Waals surface area contributed by atoms with Gasteiger partial charge >= 0.3 is 0 Å². The quantitative estimate of drug-likeness (QED) is 0.483. The van der Waals surface area contributed by atoms with Gasteiger partial charge in [0.15, 0.2) is 0 Å². The Hall–Kier alpha value is -0.735. The summed E-state index contributed by atoms with van der Waals surface area (Å²) in [7, 11) is 9.14. The van der Waals surface area contributed by atoms with E-state index in [2.05, 4.69) is 31.2 Å². The van der Waals surface area contributed by atoms with Crippen molar-refractivity contribution in [2.24, 2.45) is 0 Å². The third-order valence-electron chi connectivity index (χ3n) is 3.06. The molecule has 0 spiro atoms. The van der Waals surface area contributed by atoms with Crippen LogP contribution in [0.2, 0.25) is 0 Å². The van der Waals surface area contributed by atoms with Crippen molar-refractivity contribution in [3.05, 3.63) is 45.8 Å². The van der Waals surface area contributed by atoms with Gasteiger partial charge < -0.3 is 10.2 Å². The Bertz CT molecular complexity index is 790. The number of aryl methyl sites for hydroxylation is 1. The van der Waals surface area contributed by atoms with Gasteiger partial charge in [0.05, 0.1) is 5.56 Å². The molecule has 126 valence electrons. The predicted molar refractivity (Wildman–Crippen MR) is 92.3 cm³/mol. The van der Waals surface area contributed by atoms with Crippen molar-refractivity contribution in [2.45, 2.75) is 6.92 Å². The number of hydrogen-bond acceptors (Lipinski definition) is 4. The van der Waals surface area contributed by atoms with Gasteiger partial charge in [-0.15, -0.1) is 0 Å². The van der Waals surface area contributed by atoms with Crippen molar-refractivity contribution in [1.82, 2.24) is 14.9 Å². The molecule has 25 heavy (non-hydrogen) atoms. The first-order valence-corrected chi connectivity index (χ1v) is 7.49. The van der Waals surface area contributed by atoms with Gasteiger partial charge in [-0.3, -0.25) is 9.59 Å². The van der Waals surface area contributed by atoms with Crippen molar-refractivity contribution in [2.75, 3.05) is 19.4 Å². The van der Waals surface area contributed by atoms with Gasteiger partial charge in [0.25, 0.3) is 11.8 Å². The number of halogens is 1. The van der Waals surface area contributed by atoms with Crippen molar-refractivity contribution < 1.29 is 54.3 Å². The van der Waals surface area contributed by atoms with E-state index in [9.17, 15) is 9.59 Å². The van der Waals surface area contributed by atoms with Crippen LogP contribution in [0, 0.1) is 6.92 Å². The SMILES string of the molecule is [B]c1cc(C(=O)N(C)C)cnc1NC(=O)c1ncc(Br)cc1C.[Ta].[Ta]. The summed E-state index contributed by atoms with van der Waals surface area (Å²) in [6.07, 6.45) is 2.91. The van der Waals surface area contributed by atoms with Crippen LogP contribution in [0.25, 0.3) is 0 Å². The minimum atomic E-state index is -0.416. The maximum Gasteiger partial charge on any atom is 0.275 e. The molecule has 2 heterocycles. The number of nitrogens with zero attached hydrogens (tertiary/aromatic N) is 3. The molecule has 2 rings (SSSR count). The number of anilines is 1. The van der Waals surface area contributed by atoms with Crippen LogP contribution in [0.3, 0.4) is 0 Å². The second kappa shape index (κ2) is 10.4. The standard InChI is InChI=1S/C15H14BBrN4O2.2Ta/c1-8-4-10(17)7-18-12(8)14(22)20-13-11(16)5-9(6-19-13)15(23)21(2)3;;/h4-7H,1-3H3,(H,19,20,22);;. The Morgan fingerprint density at radius 3 is 2.32 bits per heavy atom. The van der Waals surface area contributed by atoms with Crippen molar-refractivity contribution >= 4 is 46.9 Å². The Balaban J connectivity index is 0.00000288. The van der Waals surface area contributed by atoms with Crippen LogP contribution in [0.5, 0.6) is 0 Å². The largest absolute Gasteiger partial charge is 0.345 e. The van der Waals surface area contributed by atoms with Crippen LogP contribution in [0.4, 0.5) is 5.82 Å². The molecule has 2 aromatic rings. The fourth-order valence-corrected chi connectivity index (χ4v) is 2.35. The molecule has 10 heteroatoms. The first-order chi connectivity index (χ1) is 10.8. The van der Waals surface area contributed by atoms with E-state index in [-0.39, 0.29) is 67.6 Å². The van der Waals surface area contributed by atoms with E-state index >= 15 is 0 Å².